The van der Waals surface area contributed by atoms with Gasteiger partial charge in [-0.1, -0.05) is 20.4 Å². The highest BCUT2D eigenvalue weighted by Crippen LogP contribution is 2.24. The summed E-state index contributed by atoms with van der Waals surface area (Å²) in [5.41, 5.74) is 9.56. The minimum Gasteiger partial charge on any atom is -0.495 e. The number of methoxy groups -OCH3 is 3. The molecule has 0 unspecified atom stereocenters. The first-order valence-electron chi connectivity index (χ1n) is 11.1. The molecule has 0 aliphatic rings. The molecular weight excluding hydrogens is 607 g/mol. The van der Waals surface area contributed by atoms with Gasteiger partial charge in [0.05, 0.1) is 32.7 Å². The van der Waals surface area contributed by atoms with Gasteiger partial charge in [-0.25, -0.2) is 9.97 Å². The number of hydrogen-bond acceptors (Lipinski definition) is 9. The fraction of sp³-hybridized carbons (Fsp3) is 0.296. The van der Waals surface area contributed by atoms with Crippen LogP contribution in [0.4, 0.5) is 0 Å². The first-order chi connectivity index (χ1) is 17.6. The molecule has 0 saturated carbocycles. The van der Waals surface area contributed by atoms with Gasteiger partial charge in [0.2, 0.25) is 0 Å². The zero-order valence-electron chi connectivity index (χ0n) is 22.7. The van der Waals surface area contributed by atoms with Crippen LogP contribution >= 0.6 is 40.7 Å². The number of nitrogens with two attached hydrogens (primary N) is 1. The monoisotopic (exact) mass is 638 g/mol. The average Bonchev–Trinajstić information content (AvgIpc) is 2.92. The van der Waals surface area contributed by atoms with Crippen LogP contribution in [-0.4, -0.2) is 36.3 Å². The molecule has 2 N–H and O–H groups in total. The summed E-state index contributed by atoms with van der Waals surface area (Å²) in [7, 11) is 4.77. The quantitative estimate of drug-likeness (QED) is 0.310. The number of rotatable bonds is 6. The Kier molecular flexibility index (Phi) is 19.0. The van der Waals surface area contributed by atoms with E-state index in [1.807, 2.05) is 31.2 Å². The van der Waals surface area contributed by atoms with Crippen LogP contribution in [0.3, 0.4) is 0 Å². The van der Waals surface area contributed by atoms with Gasteiger partial charge in [0.1, 0.15) is 45.3 Å². The Hall–Kier alpha value is -3.41. The van der Waals surface area contributed by atoms with E-state index in [1.165, 1.54) is 0 Å². The molecular formula is C27H33BrCl2N6O3. The number of allylic oxidation sites excluding steroid dienone is 1. The number of nitriles is 2. The van der Waals surface area contributed by atoms with Crippen molar-refractivity contribution < 1.29 is 14.2 Å². The van der Waals surface area contributed by atoms with Crippen molar-refractivity contribution in [2.75, 3.05) is 21.3 Å². The minimum atomic E-state index is 0. The van der Waals surface area contributed by atoms with E-state index in [1.54, 1.807) is 45.6 Å². The predicted molar refractivity (Wildman–Crippen MR) is 161 cm³/mol. The van der Waals surface area contributed by atoms with Crippen molar-refractivity contribution in [3.63, 3.8) is 0 Å². The third-order valence-corrected chi connectivity index (χ3v) is 5.23. The van der Waals surface area contributed by atoms with Crippen molar-refractivity contribution in [1.82, 2.24) is 15.0 Å². The number of ether oxygens (including phenoxy) is 3. The standard InChI is InChI=1S/C10H16N2O.C10H10N2O.C7H5BrN2O.2ClH/c2*1-7(2)10-9(13-3)5-4-8(6-11)12-10;1-11-6-3-2-5(4-9)10-7(6)8;;/h4-5,7H,6,11H2,1-3H3;4-5H,1H2,2-3H3;2-3H,1H3;2*1H. The molecule has 3 heterocycles. The Morgan fingerprint density at radius 3 is 1.77 bits per heavy atom. The third-order valence-electron chi connectivity index (χ3n) is 4.67. The number of pyridine rings is 3. The Balaban J connectivity index is 0. The van der Waals surface area contributed by atoms with Crippen molar-refractivity contribution in [3.05, 3.63) is 76.0 Å². The third kappa shape index (κ3) is 11.9. The molecule has 0 atom stereocenters. The van der Waals surface area contributed by atoms with E-state index in [0.717, 1.165) is 22.7 Å². The SMILES string of the molecule is C=C(C)c1nc(C#N)ccc1OC.COc1ccc(C#N)nc1Br.COc1ccc(CN)nc1C(C)C.Cl.Cl. The molecule has 12 heteroatoms. The maximum absolute atomic E-state index is 8.62. The highest BCUT2D eigenvalue weighted by molar-refractivity contribution is 9.10. The molecule has 3 aromatic heterocycles. The Morgan fingerprint density at radius 2 is 1.36 bits per heavy atom. The van der Waals surface area contributed by atoms with Gasteiger partial charge in [0, 0.05) is 6.54 Å². The molecule has 0 spiro atoms. The Labute approximate surface area is 251 Å². The van der Waals surface area contributed by atoms with Crippen molar-refractivity contribution in [1.29, 1.82) is 10.5 Å². The van der Waals surface area contributed by atoms with Gasteiger partial charge < -0.3 is 19.9 Å². The summed E-state index contributed by atoms with van der Waals surface area (Å²) in [5, 5.41) is 17.1. The summed E-state index contributed by atoms with van der Waals surface area (Å²) in [6, 6.07) is 14.3. The van der Waals surface area contributed by atoms with Crippen LogP contribution in [0, 0.1) is 22.7 Å². The average molecular weight is 640 g/mol. The Bertz CT molecular complexity index is 1290. The van der Waals surface area contributed by atoms with Gasteiger partial charge in [-0.3, -0.25) is 4.98 Å². The van der Waals surface area contributed by atoms with Crippen LogP contribution < -0.4 is 19.9 Å². The van der Waals surface area contributed by atoms with E-state index in [9.17, 15) is 0 Å². The van der Waals surface area contributed by atoms with Crippen LogP contribution in [0.5, 0.6) is 17.2 Å². The van der Waals surface area contributed by atoms with E-state index in [-0.39, 0.29) is 24.8 Å². The second-order valence-electron chi connectivity index (χ2n) is 7.69. The van der Waals surface area contributed by atoms with Crippen LogP contribution in [0.15, 0.2) is 47.6 Å². The van der Waals surface area contributed by atoms with Gasteiger partial charge >= 0.3 is 0 Å². The first-order valence-corrected chi connectivity index (χ1v) is 11.9. The minimum absolute atomic E-state index is 0. The molecule has 0 bridgehead atoms. The topological polar surface area (TPSA) is 140 Å². The maximum Gasteiger partial charge on any atom is 0.151 e. The van der Waals surface area contributed by atoms with E-state index in [2.05, 4.69) is 51.3 Å². The number of halogens is 3. The van der Waals surface area contributed by atoms with Gasteiger partial charge in [-0.2, -0.15) is 10.5 Å². The molecule has 0 amide bonds. The predicted octanol–water partition coefficient (Wildman–Crippen LogP) is 6.24. The largest absolute Gasteiger partial charge is 0.495 e. The number of nitrogens with zero attached hydrogens (tertiary/aromatic N) is 5. The zero-order chi connectivity index (χ0) is 28.0. The van der Waals surface area contributed by atoms with Crippen molar-refractivity contribution in [2.45, 2.75) is 33.2 Å². The van der Waals surface area contributed by atoms with Crippen LogP contribution in [-0.2, 0) is 6.54 Å². The highest BCUT2D eigenvalue weighted by Gasteiger charge is 2.09. The van der Waals surface area contributed by atoms with Gasteiger partial charge in [-0.05, 0) is 70.7 Å². The van der Waals surface area contributed by atoms with Crippen LogP contribution in [0.1, 0.15) is 55.2 Å². The highest BCUT2D eigenvalue weighted by atomic mass is 79.9. The fourth-order valence-electron chi connectivity index (χ4n) is 2.82. The van der Waals surface area contributed by atoms with Crippen molar-refractivity contribution >= 4 is 46.3 Å². The first kappa shape index (κ1) is 37.7. The number of hydrogen-bond donors (Lipinski definition) is 1. The summed E-state index contributed by atoms with van der Waals surface area (Å²) in [6.07, 6.45) is 0. The molecule has 210 valence electrons. The number of aromatic nitrogens is 3. The molecule has 0 aliphatic carbocycles. The fourth-order valence-corrected chi connectivity index (χ4v) is 3.30. The van der Waals surface area contributed by atoms with Crippen LogP contribution in [0.25, 0.3) is 5.57 Å². The summed E-state index contributed by atoms with van der Waals surface area (Å²) < 4.78 is 15.8. The maximum atomic E-state index is 8.62. The molecule has 9 nitrogen and oxygen atoms in total. The lowest BCUT2D eigenvalue weighted by atomic mass is 10.1. The lowest BCUT2D eigenvalue weighted by Gasteiger charge is -2.11. The summed E-state index contributed by atoms with van der Waals surface area (Å²) >= 11 is 3.16. The van der Waals surface area contributed by atoms with E-state index >= 15 is 0 Å². The normalized spacial score (nSPS) is 9.00. The molecule has 0 radical (unpaired) electrons. The molecule has 39 heavy (non-hydrogen) atoms. The van der Waals surface area contributed by atoms with E-state index < -0.39 is 0 Å². The summed E-state index contributed by atoms with van der Waals surface area (Å²) in [4.78, 5) is 12.4. The lowest BCUT2D eigenvalue weighted by molar-refractivity contribution is 0.403. The summed E-state index contributed by atoms with van der Waals surface area (Å²) in [6.45, 7) is 10.2. The van der Waals surface area contributed by atoms with Gasteiger partial charge in [0.15, 0.2) is 5.75 Å². The second kappa shape index (κ2) is 19.6. The van der Waals surface area contributed by atoms with E-state index in [4.69, 9.17) is 30.5 Å². The van der Waals surface area contributed by atoms with Crippen molar-refractivity contribution in [2.24, 2.45) is 5.73 Å². The second-order valence-corrected chi connectivity index (χ2v) is 8.44. The van der Waals surface area contributed by atoms with E-state index in [0.29, 0.717) is 45.6 Å². The van der Waals surface area contributed by atoms with Gasteiger partial charge in [0.25, 0.3) is 0 Å². The van der Waals surface area contributed by atoms with Gasteiger partial charge in [-0.15, -0.1) is 24.8 Å². The lowest BCUT2D eigenvalue weighted by Crippen LogP contribution is -2.04. The molecule has 0 aromatic carbocycles. The zero-order valence-corrected chi connectivity index (χ0v) is 25.9. The Morgan fingerprint density at radius 1 is 0.872 bits per heavy atom. The smallest absolute Gasteiger partial charge is 0.151 e. The summed E-state index contributed by atoms with van der Waals surface area (Å²) in [5.74, 6) is 2.48. The van der Waals surface area contributed by atoms with Crippen molar-refractivity contribution in [3.8, 4) is 29.4 Å². The molecule has 0 saturated heterocycles. The molecule has 3 aromatic rings. The molecule has 0 aliphatic heterocycles. The molecule has 3 rings (SSSR count). The molecule has 0 fully saturated rings. The van der Waals surface area contributed by atoms with Crippen LogP contribution in [0.2, 0.25) is 0 Å².